The third-order valence-corrected chi connectivity index (χ3v) is 4.18. The smallest absolute Gasteiger partial charge is 0.0985 e. The Labute approximate surface area is 94.7 Å². The number of aromatic nitrogens is 1. The molecule has 0 aliphatic carbocycles. The Morgan fingerprint density at radius 1 is 1.60 bits per heavy atom. The fourth-order valence-corrected chi connectivity index (χ4v) is 3.08. The molecule has 2 N–H and O–H groups in total. The third kappa shape index (κ3) is 2.56. The van der Waals surface area contributed by atoms with Crippen molar-refractivity contribution < 1.29 is 4.74 Å². The number of hydrogen-bond donors (Lipinski definition) is 1. The van der Waals surface area contributed by atoms with Gasteiger partial charge in [0.25, 0.3) is 0 Å². The van der Waals surface area contributed by atoms with E-state index in [0.29, 0.717) is 5.92 Å². The Bertz CT molecular complexity index is 318. The largest absolute Gasteiger partial charge is 0.381 e. The number of aryl methyl sites for hydroxylation is 2. The van der Waals surface area contributed by atoms with Gasteiger partial charge >= 0.3 is 0 Å². The molecule has 1 unspecified atom stereocenters. The van der Waals surface area contributed by atoms with Crippen LogP contribution in [0.4, 0.5) is 0 Å². The summed E-state index contributed by atoms with van der Waals surface area (Å²) >= 11 is 1.85. The summed E-state index contributed by atoms with van der Waals surface area (Å²) < 4.78 is 5.39. The van der Waals surface area contributed by atoms with Crippen molar-refractivity contribution in [3.05, 3.63) is 15.6 Å². The summed E-state index contributed by atoms with van der Waals surface area (Å²) in [6.07, 6.45) is 3.26. The molecule has 1 aliphatic heterocycles. The Kier molecular flexibility index (Phi) is 3.72. The first kappa shape index (κ1) is 11.0. The van der Waals surface area contributed by atoms with Gasteiger partial charge in [0.2, 0.25) is 0 Å². The second kappa shape index (κ2) is 5.05. The molecular weight excluding hydrogens is 208 g/mol. The zero-order valence-electron chi connectivity index (χ0n) is 9.16. The van der Waals surface area contributed by atoms with Crippen molar-refractivity contribution in [2.75, 3.05) is 19.8 Å². The monoisotopic (exact) mass is 226 g/mol. The minimum Gasteiger partial charge on any atom is -0.381 e. The summed E-state index contributed by atoms with van der Waals surface area (Å²) in [6.45, 7) is 4.60. The van der Waals surface area contributed by atoms with Gasteiger partial charge in [-0.2, -0.15) is 0 Å². The molecule has 0 aromatic carbocycles. The maximum Gasteiger partial charge on any atom is 0.0985 e. The number of nitrogens with two attached hydrogens (primary N) is 1. The molecule has 0 bridgehead atoms. The topological polar surface area (TPSA) is 48.1 Å². The van der Waals surface area contributed by atoms with Crippen molar-refractivity contribution in [2.24, 2.45) is 5.73 Å². The van der Waals surface area contributed by atoms with Crippen LogP contribution in [0.25, 0.3) is 0 Å². The lowest BCUT2D eigenvalue weighted by atomic mass is 10.1. The number of rotatable bonds is 4. The lowest BCUT2D eigenvalue weighted by Crippen LogP contribution is -1.99. The molecule has 0 radical (unpaired) electrons. The van der Waals surface area contributed by atoms with Crippen molar-refractivity contribution in [3.63, 3.8) is 0 Å². The first-order valence-corrected chi connectivity index (χ1v) is 6.37. The van der Waals surface area contributed by atoms with Crippen LogP contribution in [-0.2, 0) is 11.2 Å². The highest BCUT2D eigenvalue weighted by molar-refractivity contribution is 7.11. The summed E-state index contributed by atoms with van der Waals surface area (Å²) in [5, 5.41) is 1.26. The van der Waals surface area contributed by atoms with Crippen LogP contribution in [0.15, 0.2) is 0 Å². The quantitative estimate of drug-likeness (QED) is 0.852. The Morgan fingerprint density at radius 3 is 3.13 bits per heavy atom. The molecule has 1 saturated heterocycles. The zero-order chi connectivity index (χ0) is 10.7. The van der Waals surface area contributed by atoms with Gasteiger partial charge in [-0.05, 0) is 32.7 Å². The predicted molar refractivity (Wildman–Crippen MR) is 62.4 cm³/mol. The maximum absolute atomic E-state index is 5.52. The zero-order valence-corrected chi connectivity index (χ0v) is 9.98. The fraction of sp³-hybridized carbons (Fsp3) is 0.727. The van der Waals surface area contributed by atoms with E-state index in [1.54, 1.807) is 0 Å². The minimum absolute atomic E-state index is 0.542. The van der Waals surface area contributed by atoms with Crippen molar-refractivity contribution >= 4 is 11.3 Å². The van der Waals surface area contributed by atoms with Crippen LogP contribution >= 0.6 is 11.3 Å². The Morgan fingerprint density at radius 2 is 2.47 bits per heavy atom. The average Bonchev–Trinajstić information content (AvgIpc) is 2.83. The average molecular weight is 226 g/mol. The van der Waals surface area contributed by atoms with E-state index >= 15 is 0 Å². The molecule has 1 aromatic heterocycles. The van der Waals surface area contributed by atoms with Gasteiger partial charge in [-0.15, -0.1) is 11.3 Å². The van der Waals surface area contributed by atoms with E-state index in [4.69, 9.17) is 10.5 Å². The van der Waals surface area contributed by atoms with E-state index in [0.717, 1.165) is 39.0 Å². The van der Waals surface area contributed by atoms with Gasteiger partial charge in [0, 0.05) is 17.4 Å². The Balaban J connectivity index is 2.06. The number of thiazole rings is 1. The van der Waals surface area contributed by atoms with Crippen LogP contribution in [0.1, 0.15) is 34.3 Å². The van der Waals surface area contributed by atoms with E-state index in [-0.39, 0.29) is 0 Å². The van der Waals surface area contributed by atoms with Gasteiger partial charge in [0.1, 0.15) is 0 Å². The van der Waals surface area contributed by atoms with Crippen LogP contribution < -0.4 is 5.73 Å². The molecular formula is C11H18N2OS. The SMILES string of the molecule is Cc1nc(C2CCOC2)sc1CCCN. The molecule has 3 nitrogen and oxygen atoms in total. The molecule has 0 spiro atoms. The standard InChI is InChI=1S/C11H18N2OS/c1-8-10(3-2-5-12)15-11(13-8)9-4-6-14-7-9/h9H,2-7,12H2,1H3. The number of nitrogens with zero attached hydrogens (tertiary/aromatic N) is 1. The van der Waals surface area contributed by atoms with Gasteiger partial charge in [-0.3, -0.25) is 0 Å². The third-order valence-electron chi connectivity index (χ3n) is 2.80. The second-order valence-electron chi connectivity index (χ2n) is 4.01. The van der Waals surface area contributed by atoms with E-state index in [9.17, 15) is 0 Å². The molecule has 0 amide bonds. The van der Waals surface area contributed by atoms with Crippen LogP contribution in [0.2, 0.25) is 0 Å². The summed E-state index contributed by atoms with van der Waals surface area (Å²) in [7, 11) is 0. The van der Waals surface area contributed by atoms with E-state index in [1.165, 1.54) is 15.6 Å². The van der Waals surface area contributed by atoms with Gasteiger partial charge in [0.05, 0.1) is 17.3 Å². The van der Waals surface area contributed by atoms with Crippen LogP contribution in [0, 0.1) is 6.92 Å². The highest BCUT2D eigenvalue weighted by Crippen LogP contribution is 2.30. The molecule has 1 aromatic rings. The minimum atomic E-state index is 0.542. The number of hydrogen-bond acceptors (Lipinski definition) is 4. The van der Waals surface area contributed by atoms with Crippen molar-refractivity contribution in [1.29, 1.82) is 0 Å². The van der Waals surface area contributed by atoms with Crippen LogP contribution in [0.5, 0.6) is 0 Å². The lowest BCUT2D eigenvalue weighted by molar-refractivity contribution is 0.194. The van der Waals surface area contributed by atoms with Gasteiger partial charge in [0.15, 0.2) is 0 Å². The first-order valence-electron chi connectivity index (χ1n) is 5.55. The maximum atomic E-state index is 5.52. The summed E-state index contributed by atoms with van der Waals surface area (Å²) in [5.74, 6) is 0.542. The van der Waals surface area contributed by atoms with E-state index in [1.807, 2.05) is 11.3 Å². The Hall–Kier alpha value is -0.450. The molecule has 15 heavy (non-hydrogen) atoms. The predicted octanol–water partition coefficient (Wildman–Crippen LogP) is 1.85. The highest BCUT2D eigenvalue weighted by Gasteiger charge is 2.21. The highest BCUT2D eigenvalue weighted by atomic mass is 32.1. The number of ether oxygens (including phenoxy) is 1. The van der Waals surface area contributed by atoms with Gasteiger partial charge in [-0.25, -0.2) is 4.98 Å². The summed E-state index contributed by atoms with van der Waals surface area (Å²) in [4.78, 5) is 6.05. The molecule has 84 valence electrons. The van der Waals surface area contributed by atoms with Crippen LogP contribution in [-0.4, -0.2) is 24.7 Å². The molecule has 2 heterocycles. The first-order chi connectivity index (χ1) is 7.31. The van der Waals surface area contributed by atoms with Gasteiger partial charge < -0.3 is 10.5 Å². The summed E-state index contributed by atoms with van der Waals surface area (Å²) in [6, 6.07) is 0. The van der Waals surface area contributed by atoms with Crippen molar-refractivity contribution in [2.45, 2.75) is 32.1 Å². The van der Waals surface area contributed by atoms with E-state index < -0.39 is 0 Å². The fourth-order valence-electron chi connectivity index (χ4n) is 1.85. The lowest BCUT2D eigenvalue weighted by Gasteiger charge is -2.00. The molecule has 2 rings (SSSR count). The van der Waals surface area contributed by atoms with Gasteiger partial charge in [-0.1, -0.05) is 0 Å². The molecule has 1 atom stereocenters. The van der Waals surface area contributed by atoms with Crippen molar-refractivity contribution in [3.8, 4) is 0 Å². The molecule has 1 fully saturated rings. The normalized spacial score (nSPS) is 21.1. The summed E-state index contributed by atoms with van der Waals surface area (Å²) in [5.41, 5.74) is 6.71. The van der Waals surface area contributed by atoms with Crippen LogP contribution in [0.3, 0.4) is 0 Å². The second-order valence-corrected chi connectivity index (χ2v) is 5.13. The van der Waals surface area contributed by atoms with E-state index in [2.05, 4.69) is 11.9 Å². The molecule has 1 aliphatic rings. The molecule has 0 saturated carbocycles. The molecule has 4 heteroatoms. The van der Waals surface area contributed by atoms with Crippen molar-refractivity contribution in [1.82, 2.24) is 4.98 Å².